The lowest BCUT2D eigenvalue weighted by atomic mass is 10.1. The van der Waals surface area contributed by atoms with E-state index >= 15 is 0 Å². The molecule has 1 heterocycles. The van der Waals surface area contributed by atoms with Gasteiger partial charge < -0.3 is 44.4 Å². The van der Waals surface area contributed by atoms with Crippen molar-refractivity contribution < 1.29 is 62.0 Å². The fraction of sp³-hybridized carbons (Fsp3) is 0.429. The summed E-state index contributed by atoms with van der Waals surface area (Å²) >= 11 is 0. The summed E-state index contributed by atoms with van der Waals surface area (Å²) in [6, 6.07) is 6.39. The molecule has 2 rings (SSSR count). The van der Waals surface area contributed by atoms with Crippen molar-refractivity contribution in [1.82, 2.24) is 10.0 Å². The van der Waals surface area contributed by atoms with Gasteiger partial charge in [0.15, 0.2) is 0 Å². The first-order chi connectivity index (χ1) is 17.4. The van der Waals surface area contributed by atoms with Gasteiger partial charge in [-0.05, 0) is 5.56 Å². The molecule has 0 atom stereocenters. The zero-order chi connectivity index (χ0) is 27.5. The SMILES string of the molecule is O=C(Cc1ccc(C(F)(F)P(=O)(O)O)cc1)NCCOCCOCCOCC(=O)On1c(O)ccc1O. The van der Waals surface area contributed by atoms with Crippen molar-refractivity contribution >= 4 is 19.5 Å². The molecule has 0 radical (unpaired) electrons. The Bertz CT molecular complexity index is 1050. The summed E-state index contributed by atoms with van der Waals surface area (Å²) in [5.41, 5.74) is -4.77. The molecule has 0 aliphatic rings. The van der Waals surface area contributed by atoms with Crippen LogP contribution in [0.2, 0.25) is 0 Å². The second-order valence-electron chi connectivity index (χ2n) is 7.39. The van der Waals surface area contributed by atoms with E-state index in [1.54, 1.807) is 0 Å². The molecular weight excluding hydrogens is 525 g/mol. The van der Waals surface area contributed by atoms with Crippen molar-refractivity contribution in [3.05, 3.63) is 47.5 Å². The number of carbonyl (C=O) groups excluding carboxylic acids is 2. The number of aromatic hydroxyl groups is 2. The van der Waals surface area contributed by atoms with Crippen LogP contribution in [-0.2, 0) is 40.4 Å². The summed E-state index contributed by atoms with van der Waals surface area (Å²) in [7, 11) is -5.66. The van der Waals surface area contributed by atoms with E-state index in [2.05, 4.69) is 10.2 Å². The zero-order valence-electron chi connectivity index (χ0n) is 19.4. The van der Waals surface area contributed by atoms with Crippen LogP contribution >= 0.6 is 7.60 Å². The van der Waals surface area contributed by atoms with Gasteiger partial charge in [-0.15, -0.1) is 4.73 Å². The van der Waals surface area contributed by atoms with Crippen LogP contribution in [0.4, 0.5) is 8.78 Å². The number of carbonyl (C=O) groups is 2. The lowest BCUT2D eigenvalue weighted by Crippen LogP contribution is -2.29. The highest BCUT2D eigenvalue weighted by atomic mass is 31.2. The van der Waals surface area contributed by atoms with Gasteiger partial charge in [0.1, 0.15) is 6.61 Å². The third-order valence-electron chi connectivity index (χ3n) is 4.56. The number of hydrogen-bond acceptors (Lipinski definition) is 9. The van der Waals surface area contributed by atoms with Gasteiger partial charge in [0.05, 0.1) is 39.5 Å². The molecule has 1 amide bonds. The summed E-state index contributed by atoms with van der Waals surface area (Å²) in [4.78, 5) is 45.7. The second kappa shape index (κ2) is 14.0. The maximum Gasteiger partial charge on any atom is 0.399 e. The summed E-state index contributed by atoms with van der Waals surface area (Å²) < 4.78 is 54.3. The predicted octanol–water partition coefficient (Wildman–Crippen LogP) is 0.490. The topological polar surface area (TPSA) is 186 Å². The molecule has 0 aliphatic heterocycles. The van der Waals surface area contributed by atoms with E-state index in [9.17, 15) is 33.1 Å². The van der Waals surface area contributed by atoms with Gasteiger partial charge >= 0.3 is 19.2 Å². The van der Waals surface area contributed by atoms with Gasteiger partial charge in [0, 0.05) is 24.2 Å². The molecule has 0 saturated carbocycles. The minimum atomic E-state index is -5.66. The molecule has 206 valence electrons. The fourth-order valence-electron chi connectivity index (χ4n) is 2.72. The Labute approximate surface area is 209 Å². The third kappa shape index (κ3) is 9.72. The standard InChI is InChI=1S/C21H27F2N2O11P/c22-21(23,37(30,31)32)16-3-1-15(2-4-16)13-17(26)24-7-8-33-9-10-34-11-12-35-14-20(29)36-25-18(27)5-6-19(25)28/h1-6,27-28H,7-14H2,(H,24,26)(H2,30,31,32). The summed E-state index contributed by atoms with van der Waals surface area (Å²) in [6.45, 7) is 0.617. The van der Waals surface area contributed by atoms with Crippen molar-refractivity contribution in [2.45, 2.75) is 12.1 Å². The average Bonchev–Trinajstić information content (AvgIpc) is 3.14. The molecule has 1 aromatic carbocycles. The number of amides is 1. The number of nitrogens with zero attached hydrogens (tertiary/aromatic N) is 1. The van der Waals surface area contributed by atoms with Gasteiger partial charge in [0.25, 0.3) is 0 Å². The lowest BCUT2D eigenvalue weighted by molar-refractivity contribution is -0.151. The van der Waals surface area contributed by atoms with Crippen molar-refractivity contribution in [2.24, 2.45) is 0 Å². The molecule has 13 nitrogen and oxygen atoms in total. The van der Waals surface area contributed by atoms with Crippen LogP contribution in [0.15, 0.2) is 36.4 Å². The Hall–Kier alpha value is -3.07. The van der Waals surface area contributed by atoms with Crippen LogP contribution in [0.25, 0.3) is 0 Å². The van der Waals surface area contributed by atoms with Crippen molar-refractivity contribution in [1.29, 1.82) is 0 Å². The first-order valence-electron chi connectivity index (χ1n) is 10.8. The largest absolute Gasteiger partial charge is 0.492 e. The first-order valence-corrected chi connectivity index (χ1v) is 12.4. The molecule has 0 fully saturated rings. The molecule has 0 aliphatic carbocycles. The van der Waals surface area contributed by atoms with Crippen LogP contribution in [0.5, 0.6) is 11.8 Å². The maximum absolute atomic E-state index is 13.6. The van der Waals surface area contributed by atoms with E-state index in [0.717, 1.165) is 24.3 Å². The van der Waals surface area contributed by atoms with Crippen molar-refractivity contribution in [3.8, 4) is 11.8 Å². The normalized spacial score (nSPS) is 11.9. The first kappa shape index (κ1) is 30.2. The minimum absolute atomic E-state index is 0.0761. The quantitative estimate of drug-likeness (QED) is 0.144. The number of ether oxygens (including phenoxy) is 3. The van der Waals surface area contributed by atoms with E-state index in [-0.39, 0.29) is 46.0 Å². The molecule has 2 aromatic rings. The zero-order valence-corrected chi connectivity index (χ0v) is 20.3. The highest BCUT2D eigenvalue weighted by molar-refractivity contribution is 7.52. The number of alkyl halides is 2. The van der Waals surface area contributed by atoms with Gasteiger partial charge in [-0.25, -0.2) is 4.79 Å². The van der Waals surface area contributed by atoms with Crippen LogP contribution in [0.3, 0.4) is 0 Å². The monoisotopic (exact) mass is 552 g/mol. The molecule has 16 heteroatoms. The minimum Gasteiger partial charge on any atom is -0.492 e. The van der Waals surface area contributed by atoms with Crippen molar-refractivity contribution in [3.63, 3.8) is 0 Å². The van der Waals surface area contributed by atoms with Gasteiger partial charge in [-0.1, -0.05) is 24.3 Å². The number of halogens is 2. The average molecular weight is 552 g/mol. The smallest absolute Gasteiger partial charge is 0.399 e. The Morgan fingerprint density at radius 3 is 2.00 bits per heavy atom. The molecule has 37 heavy (non-hydrogen) atoms. The Kier molecular flexibility index (Phi) is 11.4. The number of nitrogens with one attached hydrogen (secondary N) is 1. The van der Waals surface area contributed by atoms with Crippen LogP contribution in [0.1, 0.15) is 11.1 Å². The van der Waals surface area contributed by atoms with E-state index < -0.39 is 49.1 Å². The molecule has 0 spiro atoms. The summed E-state index contributed by atoms with van der Waals surface area (Å²) in [6.07, 6.45) is -0.119. The van der Waals surface area contributed by atoms with E-state index in [1.165, 1.54) is 12.1 Å². The number of aromatic nitrogens is 1. The molecule has 0 unspecified atom stereocenters. The third-order valence-corrected chi connectivity index (χ3v) is 5.54. The summed E-state index contributed by atoms with van der Waals surface area (Å²) in [5.74, 6) is -2.13. The van der Waals surface area contributed by atoms with Gasteiger partial charge in [-0.3, -0.25) is 9.36 Å². The van der Waals surface area contributed by atoms with E-state index in [4.69, 9.17) is 24.0 Å². The van der Waals surface area contributed by atoms with Crippen LogP contribution in [-0.4, -0.2) is 82.8 Å². The predicted molar refractivity (Wildman–Crippen MR) is 121 cm³/mol. The molecule has 5 N–H and O–H groups in total. The fourth-order valence-corrected chi connectivity index (χ4v) is 3.21. The second-order valence-corrected chi connectivity index (χ2v) is 9.04. The molecular formula is C21H27F2N2O11P. The van der Waals surface area contributed by atoms with Crippen LogP contribution in [0, 0.1) is 0 Å². The highest BCUT2D eigenvalue weighted by Crippen LogP contribution is 2.59. The summed E-state index contributed by atoms with van der Waals surface area (Å²) in [5, 5.41) is 21.3. The van der Waals surface area contributed by atoms with E-state index in [0.29, 0.717) is 10.3 Å². The van der Waals surface area contributed by atoms with Gasteiger partial charge in [0.2, 0.25) is 17.7 Å². The number of hydrogen-bond donors (Lipinski definition) is 5. The number of benzene rings is 1. The molecule has 1 aromatic heterocycles. The van der Waals surface area contributed by atoms with Crippen molar-refractivity contribution in [2.75, 3.05) is 46.2 Å². The molecule has 0 bridgehead atoms. The highest BCUT2D eigenvalue weighted by Gasteiger charge is 2.50. The van der Waals surface area contributed by atoms with Gasteiger partial charge in [-0.2, -0.15) is 8.78 Å². The van der Waals surface area contributed by atoms with E-state index in [1.807, 2.05) is 0 Å². The maximum atomic E-state index is 13.6. The van der Waals surface area contributed by atoms with Crippen LogP contribution < -0.4 is 10.2 Å². The Morgan fingerprint density at radius 2 is 1.43 bits per heavy atom. The molecule has 0 saturated heterocycles. The number of rotatable bonds is 16. The lowest BCUT2D eigenvalue weighted by Gasteiger charge is -2.18. The Balaban J connectivity index is 1.48. The Morgan fingerprint density at radius 1 is 0.892 bits per heavy atom.